The van der Waals surface area contributed by atoms with Gasteiger partial charge in [0, 0.05) is 18.3 Å². The Labute approximate surface area is 108 Å². The van der Waals surface area contributed by atoms with Crippen molar-refractivity contribution in [1.29, 1.82) is 0 Å². The van der Waals surface area contributed by atoms with E-state index in [1.807, 2.05) is 36.4 Å². The summed E-state index contributed by atoms with van der Waals surface area (Å²) < 4.78 is 5.71. The lowest BCUT2D eigenvalue weighted by molar-refractivity contribution is 0.314. The van der Waals surface area contributed by atoms with Crippen molar-refractivity contribution in [1.82, 2.24) is 4.98 Å². The van der Waals surface area contributed by atoms with Crippen molar-refractivity contribution in [2.45, 2.75) is 19.9 Å². The van der Waals surface area contributed by atoms with Crippen LogP contribution in [0.5, 0.6) is 5.75 Å². The molecule has 0 bridgehead atoms. The minimum Gasteiger partial charge on any atom is -0.493 e. The van der Waals surface area contributed by atoms with Crippen molar-refractivity contribution in [3.63, 3.8) is 0 Å². The van der Waals surface area contributed by atoms with Crippen molar-refractivity contribution in [3.8, 4) is 5.75 Å². The van der Waals surface area contributed by atoms with Gasteiger partial charge in [0.1, 0.15) is 11.6 Å². The molecule has 2 rings (SSSR count). The minimum absolute atomic E-state index is 0.719. The van der Waals surface area contributed by atoms with Gasteiger partial charge in [-0.1, -0.05) is 31.2 Å². The fourth-order valence-electron chi connectivity index (χ4n) is 1.66. The first-order valence-electron chi connectivity index (χ1n) is 6.25. The molecule has 0 radical (unpaired) electrons. The second-order valence-corrected chi connectivity index (χ2v) is 4.02. The van der Waals surface area contributed by atoms with Gasteiger partial charge in [-0.05, 0) is 24.6 Å². The van der Waals surface area contributed by atoms with E-state index in [4.69, 9.17) is 4.74 Å². The number of aromatic nitrogens is 1. The van der Waals surface area contributed by atoms with Crippen LogP contribution in [0.25, 0.3) is 0 Å². The number of benzene rings is 1. The third-order valence-electron chi connectivity index (χ3n) is 2.56. The summed E-state index contributed by atoms with van der Waals surface area (Å²) in [5, 5.41) is 3.29. The molecule has 0 amide bonds. The Morgan fingerprint density at radius 3 is 2.72 bits per heavy atom. The predicted molar refractivity (Wildman–Crippen MR) is 73.8 cm³/mol. The van der Waals surface area contributed by atoms with Gasteiger partial charge in [-0.15, -0.1) is 0 Å². The van der Waals surface area contributed by atoms with Crippen molar-refractivity contribution < 1.29 is 4.74 Å². The van der Waals surface area contributed by atoms with Gasteiger partial charge >= 0.3 is 0 Å². The lowest BCUT2D eigenvalue weighted by Crippen LogP contribution is -2.04. The Morgan fingerprint density at radius 1 is 1.11 bits per heavy atom. The average Bonchev–Trinajstić information content (AvgIpc) is 2.45. The number of nitrogens with zero attached hydrogens (tertiary/aromatic N) is 1. The number of pyridine rings is 1. The fraction of sp³-hybridized carbons (Fsp3) is 0.267. The van der Waals surface area contributed by atoms with Crippen LogP contribution in [0.1, 0.15) is 18.9 Å². The third-order valence-corrected chi connectivity index (χ3v) is 2.56. The summed E-state index contributed by atoms with van der Waals surface area (Å²) in [5.41, 5.74) is 1.15. The van der Waals surface area contributed by atoms with Gasteiger partial charge in [0.2, 0.25) is 0 Å². The zero-order chi connectivity index (χ0) is 12.6. The van der Waals surface area contributed by atoms with Gasteiger partial charge in [0.15, 0.2) is 0 Å². The first-order chi connectivity index (χ1) is 8.90. The number of hydrogen-bond acceptors (Lipinski definition) is 3. The molecule has 0 aliphatic carbocycles. The maximum absolute atomic E-state index is 5.71. The number of nitrogens with one attached hydrogen (secondary N) is 1. The van der Waals surface area contributed by atoms with E-state index in [9.17, 15) is 0 Å². The smallest absolute Gasteiger partial charge is 0.126 e. The molecule has 0 atom stereocenters. The van der Waals surface area contributed by atoms with Crippen molar-refractivity contribution >= 4 is 5.82 Å². The molecule has 0 aliphatic rings. The van der Waals surface area contributed by atoms with Crippen LogP contribution in [0.4, 0.5) is 5.82 Å². The molecule has 1 heterocycles. The Morgan fingerprint density at radius 2 is 1.94 bits per heavy atom. The molecule has 0 aliphatic heterocycles. The molecule has 2 aromatic rings. The van der Waals surface area contributed by atoms with E-state index >= 15 is 0 Å². The average molecular weight is 242 g/mol. The number of hydrogen-bond donors (Lipinski definition) is 1. The standard InChI is InChI=1S/C15H18N2O/c1-2-11-18-14-8-4-3-7-13(14)12-17-15-9-5-6-10-16-15/h3-10H,2,11-12H2,1H3,(H,16,17). The molecule has 0 unspecified atom stereocenters. The molecule has 1 aromatic carbocycles. The summed E-state index contributed by atoms with van der Waals surface area (Å²) in [6.45, 7) is 3.58. The van der Waals surface area contributed by atoms with Gasteiger partial charge in [-0.3, -0.25) is 0 Å². The highest BCUT2D eigenvalue weighted by atomic mass is 16.5. The highest BCUT2D eigenvalue weighted by Gasteiger charge is 2.02. The highest BCUT2D eigenvalue weighted by Crippen LogP contribution is 2.19. The fourth-order valence-corrected chi connectivity index (χ4v) is 1.66. The van der Waals surface area contributed by atoms with E-state index in [2.05, 4.69) is 23.3 Å². The first kappa shape index (κ1) is 12.4. The lowest BCUT2D eigenvalue weighted by Gasteiger charge is -2.11. The summed E-state index contributed by atoms with van der Waals surface area (Å²) in [7, 11) is 0. The van der Waals surface area contributed by atoms with Gasteiger partial charge in [-0.2, -0.15) is 0 Å². The van der Waals surface area contributed by atoms with Gasteiger partial charge in [-0.25, -0.2) is 4.98 Å². The summed E-state index contributed by atoms with van der Waals surface area (Å²) in [4.78, 5) is 4.23. The monoisotopic (exact) mass is 242 g/mol. The summed E-state index contributed by atoms with van der Waals surface area (Å²) in [6.07, 6.45) is 2.80. The molecule has 3 nitrogen and oxygen atoms in total. The molecule has 0 saturated carbocycles. The second kappa shape index (κ2) is 6.64. The molecule has 18 heavy (non-hydrogen) atoms. The van der Waals surface area contributed by atoms with Gasteiger partial charge in [0.05, 0.1) is 6.61 Å². The first-order valence-corrected chi connectivity index (χ1v) is 6.25. The third kappa shape index (κ3) is 3.48. The van der Waals surface area contributed by atoms with E-state index < -0.39 is 0 Å². The van der Waals surface area contributed by atoms with Crippen LogP contribution in [0.3, 0.4) is 0 Å². The zero-order valence-corrected chi connectivity index (χ0v) is 10.6. The summed E-state index contributed by atoms with van der Waals surface area (Å²) in [6, 6.07) is 13.9. The van der Waals surface area contributed by atoms with E-state index in [1.54, 1.807) is 6.20 Å². The van der Waals surface area contributed by atoms with Crippen molar-refractivity contribution in [2.24, 2.45) is 0 Å². The van der Waals surface area contributed by atoms with Crippen LogP contribution in [0.2, 0.25) is 0 Å². The van der Waals surface area contributed by atoms with E-state index in [1.165, 1.54) is 0 Å². The number of anilines is 1. The topological polar surface area (TPSA) is 34.1 Å². The largest absolute Gasteiger partial charge is 0.493 e. The SMILES string of the molecule is CCCOc1ccccc1CNc1ccccn1. The number of ether oxygens (including phenoxy) is 1. The quantitative estimate of drug-likeness (QED) is 0.842. The van der Waals surface area contributed by atoms with E-state index in [0.717, 1.165) is 36.7 Å². The van der Waals surface area contributed by atoms with E-state index in [0.29, 0.717) is 0 Å². The molecular formula is C15H18N2O. The van der Waals surface area contributed by atoms with Crippen LogP contribution in [0.15, 0.2) is 48.7 Å². The molecule has 1 N–H and O–H groups in total. The van der Waals surface area contributed by atoms with Crippen LogP contribution in [-0.4, -0.2) is 11.6 Å². The zero-order valence-electron chi connectivity index (χ0n) is 10.6. The second-order valence-electron chi connectivity index (χ2n) is 4.02. The maximum Gasteiger partial charge on any atom is 0.126 e. The van der Waals surface area contributed by atoms with Gasteiger partial charge in [0.25, 0.3) is 0 Å². The normalized spacial score (nSPS) is 10.1. The lowest BCUT2D eigenvalue weighted by atomic mass is 10.2. The molecule has 94 valence electrons. The predicted octanol–water partition coefficient (Wildman–Crippen LogP) is 3.48. The van der Waals surface area contributed by atoms with E-state index in [-0.39, 0.29) is 0 Å². The highest BCUT2D eigenvalue weighted by molar-refractivity contribution is 5.39. The Balaban J connectivity index is 2.00. The van der Waals surface area contributed by atoms with Crippen molar-refractivity contribution in [3.05, 3.63) is 54.2 Å². The Bertz CT molecular complexity index is 471. The van der Waals surface area contributed by atoms with Crippen LogP contribution in [0, 0.1) is 0 Å². The summed E-state index contributed by atoms with van der Waals surface area (Å²) >= 11 is 0. The Hall–Kier alpha value is -2.03. The minimum atomic E-state index is 0.719. The van der Waals surface area contributed by atoms with Crippen LogP contribution >= 0.6 is 0 Å². The van der Waals surface area contributed by atoms with Crippen LogP contribution in [-0.2, 0) is 6.54 Å². The summed E-state index contributed by atoms with van der Waals surface area (Å²) in [5.74, 6) is 1.82. The molecule has 0 fully saturated rings. The molecule has 0 spiro atoms. The molecule has 3 heteroatoms. The number of para-hydroxylation sites is 1. The van der Waals surface area contributed by atoms with Crippen molar-refractivity contribution in [2.75, 3.05) is 11.9 Å². The van der Waals surface area contributed by atoms with Gasteiger partial charge < -0.3 is 10.1 Å². The maximum atomic E-state index is 5.71. The molecule has 1 aromatic heterocycles. The number of rotatable bonds is 6. The Kier molecular flexibility index (Phi) is 4.59. The van der Waals surface area contributed by atoms with Crippen LogP contribution < -0.4 is 10.1 Å². The molecule has 0 saturated heterocycles. The molecular weight excluding hydrogens is 224 g/mol.